The molecule has 0 amide bonds. The fourth-order valence-corrected chi connectivity index (χ4v) is 5.68. The van der Waals surface area contributed by atoms with Gasteiger partial charge in [0.15, 0.2) is 0 Å². The van der Waals surface area contributed by atoms with Crippen molar-refractivity contribution in [2.24, 2.45) is 0 Å². The molecule has 0 radical (unpaired) electrons. The van der Waals surface area contributed by atoms with Gasteiger partial charge < -0.3 is 0 Å². The Morgan fingerprint density at radius 1 is 1.20 bits per heavy atom. The van der Waals surface area contributed by atoms with Crippen molar-refractivity contribution in [1.82, 2.24) is 0 Å². The first-order valence-corrected chi connectivity index (χ1v) is 7.95. The minimum atomic E-state index is -0.139. The van der Waals surface area contributed by atoms with Gasteiger partial charge in [0.25, 0.3) is 0 Å². The molecule has 0 aromatic carbocycles. The smallest absolute Gasteiger partial charge is 0.0947 e. The molecule has 1 atom stereocenters. The molecule has 0 aliphatic rings. The van der Waals surface area contributed by atoms with Crippen molar-refractivity contribution in [3.63, 3.8) is 0 Å². The lowest BCUT2D eigenvalue weighted by molar-refractivity contribution is 1.19. The van der Waals surface area contributed by atoms with Gasteiger partial charge in [0, 0.05) is 10.4 Å². The van der Waals surface area contributed by atoms with Gasteiger partial charge >= 0.3 is 0 Å². The molecule has 0 N–H and O–H groups in total. The molecule has 2 rings (SSSR count). The van der Waals surface area contributed by atoms with Crippen LogP contribution in [0.5, 0.6) is 0 Å². The van der Waals surface area contributed by atoms with Crippen LogP contribution in [-0.4, -0.2) is 0 Å². The topological polar surface area (TPSA) is 0 Å². The van der Waals surface area contributed by atoms with Gasteiger partial charge in [-0.2, -0.15) is 0 Å². The van der Waals surface area contributed by atoms with E-state index in [0.717, 1.165) is 22.3 Å². The van der Waals surface area contributed by atoms with E-state index in [9.17, 15) is 0 Å². The van der Waals surface area contributed by atoms with E-state index in [0.29, 0.717) is 0 Å². The molecule has 0 spiro atoms. The predicted molar refractivity (Wildman–Crippen MR) is 76.7 cm³/mol. The zero-order valence-electron chi connectivity index (χ0n) is 7.14. The maximum Gasteiger partial charge on any atom is 0.0947 e. The molecule has 1 unspecified atom stereocenters. The standard InChI is InChI=1S/C9H4Br2Cl2S2/c10-6-3-4(9(11)15-6)8(13)5-1-2-7(12)14-5/h1-3,8H. The van der Waals surface area contributed by atoms with Gasteiger partial charge in [-0.1, -0.05) is 11.6 Å². The maximum atomic E-state index is 6.37. The van der Waals surface area contributed by atoms with Crippen molar-refractivity contribution in [2.45, 2.75) is 5.38 Å². The third-order valence-corrected chi connectivity index (χ3v) is 6.08. The molecule has 80 valence electrons. The Hall–Kier alpha value is 0.940. The summed E-state index contributed by atoms with van der Waals surface area (Å²) in [6.07, 6.45) is 0. The molecule has 2 heterocycles. The van der Waals surface area contributed by atoms with Crippen molar-refractivity contribution < 1.29 is 0 Å². The summed E-state index contributed by atoms with van der Waals surface area (Å²) < 4.78 is 2.89. The summed E-state index contributed by atoms with van der Waals surface area (Å²) in [5, 5.41) is -0.139. The summed E-state index contributed by atoms with van der Waals surface area (Å²) in [6, 6.07) is 5.86. The average Bonchev–Trinajstić information content (AvgIpc) is 2.71. The number of hydrogen-bond donors (Lipinski definition) is 0. The van der Waals surface area contributed by atoms with Crippen LogP contribution in [-0.2, 0) is 0 Å². The molecule has 0 nitrogen and oxygen atoms in total. The maximum absolute atomic E-state index is 6.37. The van der Waals surface area contributed by atoms with E-state index >= 15 is 0 Å². The van der Waals surface area contributed by atoms with Crippen LogP contribution in [0, 0.1) is 0 Å². The third kappa shape index (κ3) is 2.79. The fourth-order valence-electron chi connectivity index (χ4n) is 1.14. The van der Waals surface area contributed by atoms with Crippen molar-refractivity contribution in [3.8, 4) is 0 Å². The van der Waals surface area contributed by atoms with Crippen molar-refractivity contribution >= 4 is 77.7 Å². The second-order valence-electron chi connectivity index (χ2n) is 2.78. The van der Waals surface area contributed by atoms with Crippen LogP contribution in [0.4, 0.5) is 0 Å². The number of alkyl halides is 1. The summed E-state index contributed by atoms with van der Waals surface area (Å²) in [5.74, 6) is 0. The first-order chi connectivity index (χ1) is 7.08. The van der Waals surface area contributed by atoms with Gasteiger partial charge in [-0.05, 0) is 50.1 Å². The van der Waals surface area contributed by atoms with E-state index in [1.807, 2.05) is 18.2 Å². The highest BCUT2D eigenvalue weighted by atomic mass is 79.9. The summed E-state index contributed by atoms with van der Waals surface area (Å²) >= 11 is 22.3. The highest BCUT2D eigenvalue weighted by molar-refractivity contribution is 9.12. The quantitative estimate of drug-likeness (QED) is 0.512. The van der Waals surface area contributed by atoms with Crippen LogP contribution in [0.1, 0.15) is 15.8 Å². The summed E-state index contributed by atoms with van der Waals surface area (Å²) in [7, 11) is 0. The van der Waals surface area contributed by atoms with E-state index in [2.05, 4.69) is 31.9 Å². The highest BCUT2D eigenvalue weighted by Gasteiger charge is 2.18. The molecule has 0 saturated heterocycles. The Balaban J connectivity index is 2.35. The van der Waals surface area contributed by atoms with Crippen LogP contribution < -0.4 is 0 Å². The van der Waals surface area contributed by atoms with Gasteiger partial charge in [0.2, 0.25) is 0 Å². The van der Waals surface area contributed by atoms with Crippen molar-refractivity contribution in [1.29, 1.82) is 0 Å². The van der Waals surface area contributed by atoms with E-state index in [1.54, 1.807) is 11.3 Å². The van der Waals surface area contributed by atoms with Gasteiger partial charge in [0.1, 0.15) is 0 Å². The van der Waals surface area contributed by atoms with E-state index in [1.165, 1.54) is 11.3 Å². The monoisotopic (exact) mass is 404 g/mol. The SMILES string of the molecule is Clc1ccc(C(Cl)c2cc(Br)sc2Br)s1. The zero-order valence-corrected chi connectivity index (χ0v) is 13.5. The normalized spacial score (nSPS) is 13.1. The summed E-state index contributed by atoms with van der Waals surface area (Å²) in [5.41, 5.74) is 1.08. The van der Waals surface area contributed by atoms with Gasteiger partial charge in [-0.15, -0.1) is 34.3 Å². The lowest BCUT2D eigenvalue weighted by Crippen LogP contribution is -1.87. The molecule has 6 heteroatoms. The Morgan fingerprint density at radius 3 is 2.40 bits per heavy atom. The average molecular weight is 407 g/mol. The third-order valence-electron chi connectivity index (χ3n) is 1.80. The molecule has 0 saturated carbocycles. The van der Waals surface area contributed by atoms with Crippen molar-refractivity contribution in [2.75, 3.05) is 0 Å². The fraction of sp³-hybridized carbons (Fsp3) is 0.111. The number of halogens is 4. The highest BCUT2D eigenvalue weighted by Crippen LogP contribution is 2.43. The van der Waals surface area contributed by atoms with Crippen LogP contribution in [0.25, 0.3) is 0 Å². The van der Waals surface area contributed by atoms with Crippen LogP contribution in [0.2, 0.25) is 4.34 Å². The second kappa shape index (κ2) is 5.07. The number of hydrogen-bond acceptors (Lipinski definition) is 2. The molecule has 2 aromatic rings. The first-order valence-electron chi connectivity index (χ1n) is 3.92. The largest absolute Gasteiger partial charge is 0.127 e. The molecule has 2 aromatic heterocycles. The molecule has 0 bridgehead atoms. The van der Waals surface area contributed by atoms with Gasteiger partial charge in [0.05, 0.1) is 17.3 Å². The lowest BCUT2D eigenvalue weighted by Gasteiger charge is -2.04. The van der Waals surface area contributed by atoms with E-state index < -0.39 is 0 Å². The molecular weight excluding hydrogens is 403 g/mol. The summed E-state index contributed by atoms with van der Waals surface area (Å²) in [6.45, 7) is 0. The lowest BCUT2D eigenvalue weighted by atomic mass is 10.2. The molecule has 15 heavy (non-hydrogen) atoms. The van der Waals surface area contributed by atoms with Gasteiger partial charge in [-0.3, -0.25) is 0 Å². The number of rotatable bonds is 2. The van der Waals surface area contributed by atoms with E-state index in [4.69, 9.17) is 23.2 Å². The van der Waals surface area contributed by atoms with Crippen molar-refractivity contribution in [3.05, 3.63) is 40.5 Å². The molecule has 0 fully saturated rings. The van der Waals surface area contributed by atoms with Gasteiger partial charge in [-0.25, -0.2) is 0 Å². The Morgan fingerprint density at radius 2 is 1.93 bits per heavy atom. The van der Waals surface area contributed by atoms with Crippen LogP contribution in [0.15, 0.2) is 25.8 Å². The number of thiophene rings is 2. The summed E-state index contributed by atoms with van der Waals surface area (Å²) in [4.78, 5) is 1.06. The Labute approximate surface area is 122 Å². The second-order valence-corrected chi connectivity index (χ2v) is 8.72. The first kappa shape index (κ1) is 12.4. The minimum absolute atomic E-state index is 0.139. The van der Waals surface area contributed by atoms with Crippen LogP contribution >= 0.6 is 77.7 Å². The predicted octanol–water partition coefficient (Wildman–Crippen LogP) is 6.32. The minimum Gasteiger partial charge on any atom is -0.127 e. The van der Waals surface area contributed by atoms with E-state index in [-0.39, 0.29) is 5.38 Å². The molecule has 0 aliphatic carbocycles. The Bertz CT molecular complexity index is 478. The Kier molecular flexibility index (Phi) is 4.19. The molecular formula is C9H4Br2Cl2S2. The molecule has 0 aliphatic heterocycles. The zero-order chi connectivity index (χ0) is 11.0. The van der Waals surface area contributed by atoms with Crippen LogP contribution in [0.3, 0.4) is 0 Å².